The van der Waals surface area contributed by atoms with Crippen LogP contribution in [-0.2, 0) is 11.3 Å². The van der Waals surface area contributed by atoms with Gasteiger partial charge in [0.05, 0.1) is 6.61 Å². The predicted molar refractivity (Wildman–Crippen MR) is 67.6 cm³/mol. The van der Waals surface area contributed by atoms with Gasteiger partial charge in [-0.1, -0.05) is 4.49 Å². The van der Waals surface area contributed by atoms with Crippen LogP contribution >= 0.6 is 11.5 Å². The van der Waals surface area contributed by atoms with Crippen molar-refractivity contribution < 1.29 is 4.74 Å². The Hall–Kier alpha value is -0.760. The zero-order valence-electron chi connectivity index (χ0n) is 10.1. The highest BCUT2D eigenvalue weighted by molar-refractivity contribution is 7.10. The van der Waals surface area contributed by atoms with Crippen molar-refractivity contribution in [3.63, 3.8) is 0 Å². The van der Waals surface area contributed by atoms with Crippen molar-refractivity contribution in [1.82, 2.24) is 14.5 Å². The second kappa shape index (κ2) is 6.25. The first-order valence-corrected chi connectivity index (χ1v) is 6.61. The molecule has 0 amide bonds. The van der Waals surface area contributed by atoms with Crippen LogP contribution in [-0.4, -0.2) is 41.3 Å². The van der Waals surface area contributed by atoms with E-state index in [2.05, 4.69) is 27.0 Å². The molecule has 1 fully saturated rings. The van der Waals surface area contributed by atoms with Gasteiger partial charge in [-0.2, -0.15) is 0 Å². The van der Waals surface area contributed by atoms with E-state index in [4.69, 9.17) is 10.6 Å². The number of hydrogen-bond acceptors (Lipinski definition) is 7. The van der Waals surface area contributed by atoms with Crippen LogP contribution in [0, 0.1) is 5.92 Å². The molecule has 0 saturated carbocycles. The van der Waals surface area contributed by atoms with Crippen molar-refractivity contribution in [3.8, 4) is 0 Å². The molecule has 1 aliphatic rings. The summed E-state index contributed by atoms with van der Waals surface area (Å²) in [6.45, 7) is 3.59. The number of nitrogens with one attached hydrogen (secondary N) is 1. The van der Waals surface area contributed by atoms with Crippen LogP contribution in [0.25, 0.3) is 0 Å². The van der Waals surface area contributed by atoms with E-state index in [9.17, 15) is 0 Å². The Bertz CT molecular complexity index is 339. The molecule has 96 valence electrons. The number of nitrogens with two attached hydrogens (primary N) is 1. The lowest BCUT2D eigenvalue weighted by atomic mass is 10.0. The zero-order valence-corrected chi connectivity index (χ0v) is 10.9. The lowest BCUT2D eigenvalue weighted by molar-refractivity contribution is 0.0410. The SMILES string of the molecule is CN(Cc1nnsc1NN)CC1CCCOC1. The number of hydrogen-bond donors (Lipinski definition) is 2. The molecule has 1 aliphatic heterocycles. The standard InChI is InChI=1S/C10H19N5OS/c1-15(5-8-3-2-4-16-7-8)6-9-10(12-11)17-14-13-9/h8,12H,2-7,11H2,1H3. The summed E-state index contributed by atoms with van der Waals surface area (Å²) in [5.41, 5.74) is 3.54. The largest absolute Gasteiger partial charge is 0.381 e. The molecule has 1 unspecified atom stereocenters. The number of hydrazine groups is 1. The van der Waals surface area contributed by atoms with E-state index in [-0.39, 0.29) is 0 Å². The second-order valence-corrected chi connectivity index (χ2v) is 5.23. The van der Waals surface area contributed by atoms with Gasteiger partial charge in [0.25, 0.3) is 0 Å². The molecule has 0 aromatic carbocycles. The van der Waals surface area contributed by atoms with Crippen molar-refractivity contribution in [1.29, 1.82) is 0 Å². The van der Waals surface area contributed by atoms with Gasteiger partial charge in [0.15, 0.2) is 0 Å². The second-order valence-electron chi connectivity index (χ2n) is 4.47. The number of aromatic nitrogens is 2. The third-order valence-electron chi connectivity index (χ3n) is 2.93. The van der Waals surface area contributed by atoms with Crippen LogP contribution in [0.15, 0.2) is 0 Å². The lowest BCUT2D eigenvalue weighted by Gasteiger charge is -2.26. The fraction of sp³-hybridized carbons (Fsp3) is 0.800. The van der Waals surface area contributed by atoms with E-state index in [0.717, 1.165) is 37.0 Å². The number of anilines is 1. The van der Waals surface area contributed by atoms with Gasteiger partial charge in [0.1, 0.15) is 10.7 Å². The molecule has 3 N–H and O–H groups in total. The Kier molecular flexibility index (Phi) is 4.66. The lowest BCUT2D eigenvalue weighted by Crippen LogP contribution is -2.31. The number of nitrogens with zero attached hydrogens (tertiary/aromatic N) is 3. The maximum Gasteiger partial charge on any atom is 0.148 e. The van der Waals surface area contributed by atoms with Crippen molar-refractivity contribution in [3.05, 3.63) is 5.69 Å². The average molecular weight is 257 g/mol. The van der Waals surface area contributed by atoms with Crippen molar-refractivity contribution in [2.45, 2.75) is 19.4 Å². The molecule has 1 atom stereocenters. The van der Waals surface area contributed by atoms with E-state index in [0.29, 0.717) is 5.92 Å². The zero-order chi connectivity index (χ0) is 12.1. The van der Waals surface area contributed by atoms with Crippen molar-refractivity contribution in [2.75, 3.05) is 32.2 Å². The van der Waals surface area contributed by atoms with Gasteiger partial charge >= 0.3 is 0 Å². The molecular formula is C10H19N5OS. The molecule has 7 heteroatoms. The van der Waals surface area contributed by atoms with Gasteiger partial charge in [0, 0.05) is 31.2 Å². The van der Waals surface area contributed by atoms with Crippen LogP contribution < -0.4 is 11.3 Å². The highest BCUT2D eigenvalue weighted by Gasteiger charge is 2.17. The van der Waals surface area contributed by atoms with Crippen molar-refractivity contribution in [2.24, 2.45) is 11.8 Å². The van der Waals surface area contributed by atoms with Gasteiger partial charge in [-0.05, 0) is 25.8 Å². The summed E-state index contributed by atoms with van der Waals surface area (Å²) < 4.78 is 9.37. The molecule has 0 bridgehead atoms. The summed E-state index contributed by atoms with van der Waals surface area (Å²) in [5, 5.41) is 4.92. The Morgan fingerprint density at radius 3 is 3.24 bits per heavy atom. The quantitative estimate of drug-likeness (QED) is 0.597. The molecule has 1 saturated heterocycles. The summed E-state index contributed by atoms with van der Waals surface area (Å²) in [6, 6.07) is 0. The van der Waals surface area contributed by atoms with E-state index < -0.39 is 0 Å². The molecule has 0 spiro atoms. The van der Waals surface area contributed by atoms with Gasteiger partial charge in [-0.25, -0.2) is 5.84 Å². The van der Waals surface area contributed by atoms with Crippen molar-refractivity contribution >= 4 is 16.5 Å². The summed E-state index contributed by atoms with van der Waals surface area (Å²) >= 11 is 1.29. The monoisotopic (exact) mass is 257 g/mol. The molecule has 0 aliphatic carbocycles. The maximum absolute atomic E-state index is 5.48. The van der Waals surface area contributed by atoms with Crippen LogP contribution in [0.4, 0.5) is 5.00 Å². The minimum atomic E-state index is 0.634. The smallest absolute Gasteiger partial charge is 0.148 e. The van der Waals surface area contributed by atoms with Gasteiger partial charge in [-0.3, -0.25) is 4.90 Å². The van der Waals surface area contributed by atoms with Gasteiger partial charge < -0.3 is 10.2 Å². The Morgan fingerprint density at radius 2 is 2.53 bits per heavy atom. The first-order chi connectivity index (χ1) is 8.29. The van der Waals surface area contributed by atoms with Crippen LogP contribution in [0.1, 0.15) is 18.5 Å². The summed E-state index contributed by atoms with van der Waals surface area (Å²) in [7, 11) is 2.09. The molecule has 1 aromatic heterocycles. The molecule has 17 heavy (non-hydrogen) atoms. The van der Waals surface area contributed by atoms with Gasteiger partial charge in [0.2, 0.25) is 0 Å². The topological polar surface area (TPSA) is 76.3 Å². The first kappa shape index (κ1) is 12.7. The number of ether oxygens (including phenoxy) is 1. The minimum Gasteiger partial charge on any atom is -0.381 e. The highest BCUT2D eigenvalue weighted by Crippen LogP contribution is 2.19. The maximum atomic E-state index is 5.48. The molecule has 0 radical (unpaired) electrons. The molecule has 1 aromatic rings. The normalized spacial score (nSPS) is 20.8. The predicted octanol–water partition coefficient (Wildman–Crippen LogP) is 0.682. The van der Waals surface area contributed by atoms with Crippen LogP contribution in [0.5, 0.6) is 0 Å². The molecule has 2 rings (SSSR count). The summed E-state index contributed by atoms with van der Waals surface area (Å²) in [6.07, 6.45) is 2.42. The van der Waals surface area contributed by atoms with Crippen LogP contribution in [0.3, 0.4) is 0 Å². The number of rotatable bonds is 5. The first-order valence-electron chi connectivity index (χ1n) is 5.83. The Labute approximate surface area is 105 Å². The fourth-order valence-corrected chi connectivity index (χ4v) is 2.62. The van der Waals surface area contributed by atoms with E-state index in [1.54, 1.807) is 0 Å². The van der Waals surface area contributed by atoms with E-state index in [1.165, 1.54) is 24.4 Å². The molecular weight excluding hydrogens is 238 g/mol. The third kappa shape index (κ3) is 3.60. The minimum absolute atomic E-state index is 0.634. The van der Waals surface area contributed by atoms with E-state index >= 15 is 0 Å². The molecule has 6 nitrogen and oxygen atoms in total. The average Bonchev–Trinajstić information content (AvgIpc) is 2.77. The fourth-order valence-electron chi connectivity index (χ4n) is 2.13. The Balaban J connectivity index is 1.82. The third-order valence-corrected chi connectivity index (χ3v) is 3.63. The van der Waals surface area contributed by atoms with Gasteiger partial charge in [-0.15, -0.1) is 5.10 Å². The Morgan fingerprint density at radius 1 is 1.65 bits per heavy atom. The number of nitrogen functional groups attached to an aromatic ring is 1. The summed E-state index contributed by atoms with van der Waals surface area (Å²) in [4.78, 5) is 2.25. The highest BCUT2D eigenvalue weighted by atomic mass is 32.1. The van der Waals surface area contributed by atoms with E-state index in [1.807, 2.05) is 0 Å². The molecule has 2 heterocycles. The van der Waals surface area contributed by atoms with Crippen LogP contribution in [0.2, 0.25) is 0 Å². The summed E-state index contributed by atoms with van der Waals surface area (Å²) in [5.74, 6) is 6.03.